The molecule has 11 heteroatoms. The van der Waals surface area contributed by atoms with E-state index < -0.39 is 27.9 Å². The fourth-order valence-electron chi connectivity index (χ4n) is 3.69. The highest BCUT2D eigenvalue weighted by Gasteiger charge is 2.32. The van der Waals surface area contributed by atoms with Gasteiger partial charge >= 0.3 is 11.9 Å². The van der Waals surface area contributed by atoms with Gasteiger partial charge in [-0.25, -0.2) is 22.3 Å². The van der Waals surface area contributed by atoms with E-state index in [9.17, 15) is 22.8 Å². The van der Waals surface area contributed by atoms with Crippen LogP contribution in [0.15, 0.2) is 42.5 Å². The van der Waals surface area contributed by atoms with Gasteiger partial charge < -0.3 is 14.8 Å². The maximum Gasteiger partial charge on any atom is 0.339 e. The number of nitrogens with one attached hydrogen (secondary N) is 1. The lowest BCUT2D eigenvalue weighted by atomic mass is 9.97. The summed E-state index contributed by atoms with van der Waals surface area (Å²) in [6.07, 6.45) is 0.631. The molecule has 1 aliphatic rings. The minimum atomic E-state index is -3.55. The summed E-state index contributed by atoms with van der Waals surface area (Å²) in [7, 11) is -1.11. The zero-order valence-electron chi connectivity index (χ0n) is 18.7. The van der Waals surface area contributed by atoms with E-state index in [-0.39, 0.29) is 41.6 Å². The molecule has 1 fully saturated rings. The highest BCUT2D eigenvalue weighted by molar-refractivity contribution is 7.88. The van der Waals surface area contributed by atoms with Gasteiger partial charge in [-0.1, -0.05) is 23.7 Å². The normalized spacial score (nSPS) is 14.9. The predicted molar refractivity (Wildman–Crippen MR) is 126 cm³/mol. The van der Waals surface area contributed by atoms with Gasteiger partial charge in [-0.3, -0.25) is 4.79 Å². The topological polar surface area (TPSA) is 119 Å². The summed E-state index contributed by atoms with van der Waals surface area (Å²) in [6.45, 7) is 0.389. The maximum absolute atomic E-state index is 12.9. The third-order valence-electron chi connectivity index (χ3n) is 5.58. The van der Waals surface area contributed by atoms with Crippen molar-refractivity contribution in [3.8, 4) is 0 Å². The van der Waals surface area contributed by atoms with E-state index in [1.807, 2.05) is 0 Å². The molecule has 1 saturated heterocycles. The molecule has 2 aromatic rings. The molecule has 0 spiro atoms. The zero-order chi connectivity index (χ0) is 24.9. The average molecular weight is 509 g/mol. The van der Waals surface area contributed by atoms with Gasteiger partial charge in [0.2, 0.25) is 15.9 Å². The Bertz CT molecular complexity index is 1170. The Morgan fingerprint density at radius 3 is 2.21 bits per heavy atom. The number of carbonyl (C=O) groups is 3. The van der Waals surface area contributed by atoms with Crippen LogP contribution >= 0.6 is 11.6 Å². The van der Waals surface area contributed by atoms with Crippen LogP contribution in [0, 0.1) is 5.92 Å². The van der Waals surface area contributed by atoms with Crippen molar-refractivity contribution in [2.45, 2.75) is 18.6 Å². The molecular weight excluding hydrogens is 484 g/mol. The monoisotopic (exact) mass is 508 g/mol. The van der Waals surface area contributed by atoms with Gasteiger partial charge in [0.05, 0.1) is 36.8 Å². The molecule has 2 aromatic carbocycles. The number of hydrogen-bond donors (Lipinski definition) is 1. The number of halogens is 1. The van der Waals surface area contributed by atoms with Crippen molar-refractivity contribution in [2.24, 2.45) is 5.92 Å². The molecule has 0 unspecified atom stereocenters. The van der Waals surface area contributed by atoms with E-state index in [4.69, 9.17) is 21.1 Å². The van der Waals surface area contributed by atoms with Crippen LogP contribution in [-0.2, 0) is 30.0 Å². The second kappa shape index (κ2) is 11.0. The maximum atomic E-state index is 12.9. The van der Waals surface area contributed by atoms with Gasteiger partial charge in [-0.2, -0.15) is 0 Å². The van der Waals surface area contributed by atoms with Gasteiger partial charge in [0.15, 0.2) is 0 Å². The summed E-state index contributed by atoms with van der Waals surface area (Å²) in [5.41, 5.74) is 1.00. The van der Waals surface area contributed by atoms with Gasteiger partial charge in [0.25, 0.3) is 0 Å². The number of carbonyl (C=O) groups excluding carboxylic acids is 3. The number of benzene rings is 2. The van der Waals surface area contributed by atoms with E-state index in [1.54, 1.807) is 24.3 Å². The summed E-state index contributed by atoms with van der Waals surface area (Å²) in [5.74, 6) is -2.28. The first-order valence-corrected chi connectivity index (χ1v) is 12.5. The first kappa shape index (κ1) is 25.7. The minimum Gasteiger partial charge on any atom is -0.465 e. The summed E-state index contributed by atoms with van der Waals surface area (Å²) < 4.78 is 36.4. The van der Waals surface area contributed by atoms with Crippen LogP contribution in [0.2, 0.25) is 5.02 Å². The summed E-state index contributed by atoms with van der Waals surface area (Å²) >= 11 is 5.86. The number of amides is 1. The SMILES string of the molecule is COC(=O)c1ccc(C(=O)OC)c(NC(=O)C2CCN(S(=O)(=O)Cc3ccc(Cl)cc3)CC2)c1. The lowest BCUT2D eigenvalue weighted by Crippen LogP contribution is -2.42. The Kier molecular flexibility index (Phi) is 8.29. The fourth-order valence-corrected chi connectivity index (χ4v) is 5.38. The molecule has 1 amide bonds. The highest BCUT2D eigenvalue weighted by Crippen LogP contribution is 2.25. The lowest BCUT2D eigenvalue weighted by molar-refractivity contribution is -0.120. The Morgan fingerprint density at radius 2 is 1.62 bits per heavy atom. The molecule has 1 heterocycles. The molecule has 0 saturated carbocycles. The van der Waals surface area contributed by atoms with E-state index >= 15 is 0 Å². The molecule has 1 N–H and O–H groups in total. The molecule has 34 heavy (non-hydrogen) atoms. The Morgan fingerprint density at radius 1 is 1.00 bits per heavy atom. The quantitative estimate of drug-likeness (QED) is 0.571. The molecule has 3 rings (SSSR count). The second-order valence-electron chi connectivity index (χ2n) is 7.79. The van der Waals surface area contributed by atoms with Crippen molar-refractivity contribution in [3.63, 3.8) is 0 Å². The summed E-state index contributed by atoms with van der Waals surface area (Å²) in [6, 6.07) is 10.7. The molecular formula is C23H25ClN2O7S. The third kappa shape index (κ3) is 6.13. The fraction of sp³-hybridized carbons (Fsp3) is 0.348. The van der Waals surface area contributed by atoms with E-state index in [0.29, 0.717) is 23.4 Å². The molecule has 9 nitrogen and oxygen atoms in total. The minimum absolute atomic E-state index is 0.0893. The zero-order valence-corrected chi connectivity index (χ0v) is 20.3. The first-order chi connectivity index (χ1) is 16.1. The van der Waals surface area contributed by atoms with Crippen LogP contribution in [0.1, 0.15) is 39.1 Å². The molecule has 0 aromatic heterocycles. The number of esters is 2. The largest absolute Gasteiger partial charge is 0.465 e. The number of hydrogen-bond acceptors (Lipinski definition) is 7. The first-order valence-electron chi connectivity index (χ1n) is 10.5. The molecule has 0 aliphatic carbocycles. The van der Waals surface area contributed by atoms with Crippen LogP contribution < -0.4 is 5.32 Å². The van der Waals surface area contributed by atoms with Gasteiger partial charge in [0.1, 0.15) is 0 Å². The molecule has 0 atom stereocenters. The molecule has 182 valence electrons. The van der Waals surface area contributed by atoms with Crippen LogP contribution in [-0.4, -0.2) is 57.9 Å². The standard InChI is InChI=1S/C23H25ClN2O7S/c1-32-22(28)17-5-8-19(23(29)33-2)20(13-17)25-21(27)16-9-11-26(12-10-16)34(30,31)14-15-3-6-18(24)7-4-15/h3-8,13,16H,9-12,14H2,1-2H3,(H,25,27). The van der Waals surface area contributed by atoms with E-state index in [0.717, 1.165) is 0 Å². The Balaban J connectivity index is 1.67. The van der Waals surface area contributed by atoms with Gasteiger partial charge in [-0.15, -0.1) is 0 Å². The number of rotatable bonds is 7. The Labute approximate surface area is 203 Å². The van der Waals surface area contributed by atoms with E-state index in [2.05, 4.69) is 5.32 Å². The van der Waals surface area contributed by atoms with Crippen molar-refractivity contribution in [2.75, 3.05) is 32.6 Å². The molecule has 0 radical (unpaired) electrons. The smallest absolute Gasteiger partial charge is 0.339 e. The summed E-state index contributed by atoms with van der Waals surface area (Å²) in [5, 5.41) is 3.21. The predicted octanol–water partition coefficient (Wildman–Crippen LogP) is 3.09. The van der Waals surface area contributed by atoms with Crippen LogP contribution in [0.3, 0.4) is 0 Å². The van der Waals surface area contributed by atoms with Crippen molar-refractivity contribution in [3.05, 3.63) is 64.2 Å². The Hall–Kier alpha value is -2.95. The van der Waals surface area contributed by atoms with Crippen molar-refractivity contribution in [1.82, 2.24) is 4.31 Å². The number of sulfonamides is 1. The number of nitrogens with zero attached hydrogens (tertiary/aromatic N) is 1. The number of ether oxygens (including phenoxy) is 2. The third-order valence-corrected chi connectivity index (χ3v) is 7.69. The number of methoxy groups -OCH3 is 2. The van der Waals surface area contributed by atoms with Crippen LogP contribution in [0.25, 0.3) is 0 Å². The number of piperidine rings is 1. The van der Waals surface area contributed by atoms with Gasteiger partial charge in [0, 0.05) is 24.0 Å². The molecule has 1 aliphatic heterocycles. The highest BCUT2D eigenvalue weighted by atomic mass is 35.5. The second-order valence-corrected chi connectivity index (χ2v) is 10.2. The average Bonchev–Trinajstić information content (AvgIpc) is 2.84. The van der Waals surface area contributed by atoms with Crippen molar-refractivity contribution >= 4 is 45.2 Å². The van der Waals surface area contributed by atoms with Crippen molar-refractivity contribution in [1.29, 1.82) is 0 Å². The summed E-state index contributed by atoms with van der Waals surface area (Å²) in [4.78, 5) is 36.9. The van der Waals surface area contributed by atoms with Crippen molar-refractivity contribution < 1.29 is 32.3 Å². The van der Waals surface area contributed by atoms with E-state index in [1.165, 1.54) is 36.7 Å². The molecule has 0 bridgehead atoms. The lowest BCUT2D eigenvalue weighted by Gasteiger charge is -2.30. The number of anilines is 1. The van der Waals surface area contributed by atoms with Gasteiger partial charge in [-0.05, 0) is 48.7 Å². The van der Waals surface area contributed by atoms with Crippen LogP contribution in [0.4, 0.5) is 5.69 Å². The van der Waals surface area contributed by atoms with Crippen LogP contribution in [0.5, 0.6) is 0 Å².